The van der Waals surface area contributed by atoms with E-state index in [-0.39, 0.29) is 42.8 Å². The summed E-state index contributed by atoms with van der Waals surface area (Å²) in [6.07, 6.45) is -1.72. The van der Waals surface area contributed by atoms with Crippen LogP contribution in [0, 0.1) is 0 Å². The number of carboxylic acids is 8. The molecule has 39 heavy (non-hydrogen) atoms. The summed E-state index contributed by atoms with van der Waals surface area (Å²) < 4.78 is 0. The Labute approximate surface area is 230 Å². The Kier molecular flexibility index (Phi) is 29.8. The molecule has 0 aliphatic carbocycles. The van der Waals surface area contributed by atoms with E-state index in [1.54, 1.807) is 0 Å². The fourth-order valence-electron chi connectivity index (χ4n) is 1.34. The van der Waals surface area contributed by atoms with Crippen LogP contribution >= 0.6 is 0 Å². The van der Waals surface area contributed by atoms with E-state index in [0.29, 0.717) is 0 Å². The summed E-state index contributed by atoms with van der Waals surface area (Å²) in [5.74, 6) is -9.94. The minimum Gasteiger partial charge on any atom is -0.548 e. The smallest absolute Gasteiger partial charge is 0.548 e. The van der Waals surface area contributed by atoms with E-state index >= 15 is 0 Å². The van der Waals surface area contributed by atoms with Crippen LogP contribution < -0.4 is 33.1 Å². The molecule has 0 saturated heterocycles. The number of carbonyl (C=O) groups excluding carboxylic acids is 2. The molecule has 0 heterocycles. The van der Waals surface area contributed by atoms with Crippen molar-refractivity contribution in [2.75, 3.05) is 0 Å². The number of nitrogens with two attached hydrogens (primary N) is 4. The van der Waals surface area contributed by atoms with Crippen molar-refractivity contribution in [1.82, 2.24) is 0 Å². The Morgan fingerprint density at radius 1 is 0.487 bits per heavy atom. The van der Waals surface area contributed by atoms with Crippen molar-refractivity contribution in [3.63, 3.8) is 0 Å². The van der Waals surface area contributed by atoms with Crippen molar-refractivity contribution >= 4 is 47.8 Å². The zero-order valence-electron chi connectivity index (χ0n) is 19.9. The summed E-state index contributed by atoms with van der Waals surface area (Å²) in [5.41, 5.74) is 19.6. The van der Waals surface area contributed by atoms with Crippen LogP contribution in [0.2, 0.25) is 0 Å². The third kappa shape index (κ3) is 38.8. The van der Waals surface area contributed by atoms with Crippen molar-refractivity contribution < 1.29 is 96.3 Å². The second-order valence-electron chi connectivity index (χ2n) is 6.80. The van der Waals surface area contributed by atoms with Gasteiger partial charge in [0.25, 0.3) is 0 Å². The van der Waals surface area contributed by atoms with Crippen LogP contribution in [0.5, 0.6) is 0 Å². The van der Waals surface area contributed by atoms with Gasteiger partial charge in [0, 0.05) is 24.9 Å². The van der Waals surface area contributed by atoms with Crippen LogP contribution in [0.4, 0.5) is 0 Å². The number of carboxylic acid groups (broad SMARTS) is 8. The van der Waals surface area contributed by atoms with Gasteiger partial charge in [-0.05, 0) is 12.8 Å². The summed E-state index contributed by atoms with van der Waals surface area (Å²) >= 11 is 0. The average Bonchev–Trinajstić information content (AvgIpc) is 2.75. The number of hydrogen-bond donors (Lipinski definition) is 10. The molecule has 0 aromatic carbocycles. The van der Waals surface area contributed by atoms with Crippen LogP contribution in [-0.2, 0) is 55.4 Å². The summed E-state index contributed by atoms with van der Waals surface area (Å²) in [5, 5.41) is 68.0. The van der Waals surface area contributed by atoms with Gasteiger partial charge in [0.2, 0.25) is 0 Å². The average molecular weight is 622 g/mol. The van der Waals surface area contributed by atoms with Gasteiger partial charge in [-0.1, -0.05) is 0 Å². The third-order valence-corrected chi connectivity index (χ3v) is 3.37. The van der Waals surface area contributed by atoms with Gasteiger partial charge in [0.05, 0.1) is 24.8 Å². The predicted octanol–water partition coefficient (Wildman–Crippen LogP) is -6.40. The van der Waals surface area contributed by atoms with Gasteiger partial charge in [-0.3, -0.25) is 28.8 Å². The first-order valence-electron chi connectivity index (χ1n) is 9.92. The Bertz CT molecular complexity index is 759. The zero-order valence-corrected chi connectivity index (χ0v) is 20.9. The van der Waals surface area contributed by atoms with Gasteiger partial charge in [0.1, 0.15) is 12.1 Å². The van der Waals surface area contributed by atoms with Crippen molar-refractivity contribution in [2.24, 2.45) is 22.9 Å². The normalized spacial score (nSPS) is 12.2. The van der Waals surface area contributed by atoms with Gasteiger partial charge < -0.3 is 73.4 Å². The summed E-state index contributed by atoms with van der Waals surface area (Å²) in [7, 11) is 0. The molecule has 14 N–H and O–H groups in total. The molecule has 0 unspecified atom stereocenters. The number of carbonyl (C=O) groups is 8. The minimum absolute atomic E-state index is 0. The van der Waals surface area contributed by atoms with E-state index in [1.165, 1.54) is 0 Å². The van der Waals surface area contributed by atoms with E-state index < -0.39 is 84.8 Å². The second kappa shape index (κ2) is 25.8. The Morgan fingerprint density at radius 2 is 0.718 bits per heavy atom. The third-order valence-electron chi connectivity index (χ3n) is 3.37. The largest absolute Gasteiger partial charge is 2.00 e. The van der Waals surface area contributed by atoms with Crippen LogP contribution in [-0.4, -0.2) is 103 Å². The van der Waals surface area contributed by atoms with Crippen molar-refractivity contribution in [3.05, 3.63) is 0 Å². The van der Waals surface area contributed by atoms with Gasteiger partial charge in [-0.2, -0.15) is 0 Å². The molecular weight excluding hydrogens is 592 g/mol. The van der Waals surface area contributed by atoms with Gasteiger partial charge in [-0.25, -0.2) is 0 Å². The van der Waals surface area contributed by atoms with Crippen molar-refractivity contribution in [2.45, 2.75) is 62.7 Å². The van der Waals surface area contributed by atoms with E-state index in [4.69, 9.17) is 53.6 Å². The summed E-state index contributed by atoms with van der Waals surface area (Å²) in [6, 6.07) is -4.92. The van der Waals surface area contributed by atoms with Crippen LogP contribution in [0.15, 0.2) is 0 Å². The molecule has 0 amide bonds. The first-order chi connectivity index (χ1) is 17.1. The predicted molar refractivity (Wildman–Crippen MR) is 115 cm³/mol. The SMILES string of the molecule is N[C@@H](CC(=O)O)C(=O)O.N[C@@H](CC(=O)O)C(=O)O.N[C@@H](CCC(=O)O)C(=O)[O-].N[C@@H](CCC(=O)O)C(=O)[O-].[Cu+2]. The second-order valence-corrected chi connectivity index (χ2v) is 6.80. The summed E-state index contributed by atoms with van der Waals surface area (Å²) in [4.78, 5) is 78.7. The molecule has 0 aromatic heterocycles. The van der Waals surface area contributed by atoms with Gasteiger partial charge in [-0.15, -0.1) is 0 Å². The molecule has 20 nitrogen and oxygen atoms in total. The molecule has 21 heteroatoms. The van der Waals surface area contributed by atoms with E-state index in [9.17, 15) is 48.6 Å². The van der Waals surface area contributed by atoms with Crippen molar-refractivity contribution in [1.29, 1.82) is 0 Å². The Balaban J connectivity index is -0.000000131. The first-order valence-corrected chi connectivity index (χ1v) is 9.92. The molecule has 0 bridgehead atoms. The number of aliphatic carboxylic acids is 8. The topological polar surface area (TPSA) is 408 Å². The number of hydrogen-bond acceptors (Lipinski definition) is 14. The van der Waals surface area contributed by atoms with Crippen LogP contribution in [0.3, 0.4) is 0 Å². The number of rotatable bonds is 14. The molecule has 4 atom stereocenters. The molecule has 0 rings (SSSR count). The van der Waals surface area contributed by atoms with Crippen molar-refractivity contribution in [3.8, 4) is 0 Å². The monoisotopic (exact) mass is 621 g/mol. The molecule has 0 spiro atoms. The molecule has 0 aliphatic heterocycles. The Hall–Kier alpha value is -3.88. The first kappa shape index (κ1) is 45.1. The van der Waals surface area contributed by atoms with E-state index in [0.717, 1.165) is 0 Å². The molecule has 0 fully saturated rings. The maximum atomic E-state index is 9.88. The fourth-order valence-corrected chi connectivity index (χ4v) is 1.34. The minimum atomic E-state index is -1.42. The quantitative estimate of drug-likeness (QED) is 0.0805. The van der Waals surface area contributed by atoms with E-state index in [2.05, 4.69) is 0 Å². The maximum absolute atomic E-state index is 9.88. The molecule has 0 saturated carbocycles. The zero-order chi connectivity index (χ0) is 31.2. The van der Waals surface area contributed by atoms with Crippen LogP contribution in [0.1, 0.15) is 38.5 Å². The molecule has 1 radical (unpaired) electrons. The summed E-state index contributed by atoms with van der Waals surface area (Å²) in [6.45, 7) is 0. The van der Waals surface area contributed by atoms with E-state index in [1.807, 2.05) is 0 Å². The molecule has 229 valence electrons. The Morgan fingerprint density at radius 3 is 0.821 bits per heavy atom. The van der Waals surface area contributed by atoms with Crippen LogP contribution in [0.25, 0.3) is 0 Å². The molecular formula is C18H30CuN4O16. The van der Waals surface area contributed by atoms with Gasteiger partial charge in [0.15, 0.2) is 0 Å². The standard InChI is InChI=1S/2C5H9NO4.2C4H7NO4.Cu/c2*6-3(5(9)10)1-2-4(7)8;2*5-2(4(8)9)1-3(6)7;/h2*3H,1-2,6H2,(H,7,8)(H,9,10);2*2H,1,5H2,(H,6,7)(H,8,9);/q;;;;+2/p-2/t2*3-;2*2-;/m0000./s1. The molecule has 0 aliphatic rings. The fraction of sp³-hybridized carbons (Fsp3) is 0.556. The van der Waals surface area contributed by atoms with Gasteiger partial charge >= 0.3 is 52.9 Å². The maximum Gasteiger partial charge on any atom is 2.00 e. The molecule has 0 aromatic rings.